The molecule has 0 aliphatic heterocycles. The van der Waals surface area contributed by atoms with Gasteiger partial charge >= 0.3 is 0 Å². The van der Waals surface area contributed by atoms with Crippen LogP contribution in [-0.4, -0.2) is 32.8 Å². The lowest BCUT2D eigenvalue weighted by molar-refractivity contribution is 0.102. The monoisotopic (exact) mass is 282 g/mol. The number of nitrogens with one attached hydrogen (secondary N) is 1. The fourth-order valence-electron chi connectivity index (χ4n) is 1.64. The van der Waals surface area contributed by atoms with E-state index in [1.807, 2.05) is 6.92 Å². The van der Waals surface area contributed by atoms with Crippen molar-refractivity contribution in [1.82, 2.24) is 15.2 Å². The van der Waals surface area contributed by atoms with Gasteiger partial charge in [-0.1, -0.05) is 11.8 Å². The molecule has 0 spiro atoms. The fraction of sp³-hybridized carbons (Fsp3) is 0.200. The Labute approximate surface area is 122 Å². The molecule has 0 aliphatic rings. The van der Waals surface area contributed by atoms with E-state index in [2.05, 4.69) is 32.3 Å². The lowest BCUT2D eigenvalue weighted by Crippen LogP contribution is -2.14. The lowest BCUT2D eigenvalue weighted by Gasteiger charge is -2.05. The van der Waals surface area contributed by atoms with E-state index in [1.165, 1.54) is 12.4 Å². The van der Waals surface area contributed by atoms with Crippen LogP contribution in [0.5, 0.6) is 0 Å². The predicted molar refractivity (Wildman–Crippen MR) is 77.5 cm³/mol. The van der Waals surface area contributed by atoms with E-state index in [-0.39, 0.29) is 18.5 Å². The average molecular weight is 282 g/mol. The first-order valence-electron chi connectivity index (χ1n) is 6.36. The second-order valence-corrected chi connectivity index (χ2v) is 4.23. The Morgan fingerprint density at radius 3 is 2.90 bits per heavy atom. The van der Waals surface area contributed by atoms with Gasteiger partial charge in [-0.3, -0.25) is 10.1 Å². The van der Waals surface area contributed by atoms with E-state index in [9.17, 15) is 4.79 Å². The van der Waals surface area contributed by atoms with Gasteiger partial charge in [0.05, 0.1) is 19.0 Å². The maximum absolute atomic E-state index is 12.0. The van der Waals surface area contributed by atoms with Gasteiger partial charge < -0.3 is 5.11 Å². The van der Waals surface area contributed by atoms with Crippen LogP contribution in [0.15, 0.2) is 30.6 Å². The van der Waals surface area contributed by atoms with Gasteiger partial charge in [0.2, 0.25) is 5.95 Å². The number of carbonyl (C=O) groups excluding carboxylic acids is 1. The molecule has 2 rings (SSSR count). The van der Waals surface area contributed by atoms with Gasteiger partial charge in [0.15, 0.2) is 0 Å². The molecular weight excluding hydrogens is 268 g/mol. The molecule has 0 unspecified atom stereocenters. The van der Waals surface area contributed by atoms with Crippen molar-refractivity contribution in [2.24, 2.45) is 0 Å². The highest BCUT2D eigenvalue weighted by Gasteiger charge is 2.09. The molecule has 21 heavy (non-hydrogen) atoms. The van der Waals surface area contributed by atoms with Crippen LogP contribution in [0.4, 0.5) is 5.95 Å². The Balaban J connectivity index is 2.13. The molecule has 0 saturated carbocycles. The minimum atomic E-state index is -0.305. The van der Waals surface area contributed by atoms with E-state index in [0.717, 1.165) is 11.1 Å². The van der Waals surface area contributed by atoms with Crippen LogP contribution in [0, 0.1) is 18.8 Å². The summed E-state index contributed by atoms with van der Waals surface area (Å²) in [5.74, 6) is 5.66. The summed E-state index contributed by atoms with van der Waals surface area (Å²) in [6.45, 7) is 1.91. The number of aryl methyl sites for hydroxylation is 1. The summed E-state index contributed by atoms with van der Waals surface area (Å²) in [5, 5.41) is 18.6. The van der Waals surface area contributed by atoms with Crippen molar-refractivity contribution in [2.75, 3.05) is 11.9 Å². The van der Waals surface area contributed by atoms with Crippen molar-refractivity contribution in [1.29, 1.82) is 0 Å². The minimum absolute atomic E-state index is 0.0393. The highest BCUT2D eigenvalue weighted by molar-refractivity contribution is 6.03. The van der Waals surface area contributed by atoms with Crippen LogP contribution in [0.2, 0.25) is 0 Å². The van der Waals surface area contributed by atoms with Gasteiger partial charge in [-0.05, 0) is 30.7 Å². The Morgan fingerprint density at radius 1 is 1.38 bits per heavy atom. The fourth-order valence-corrected chi connectivity index (χ4v) is 1.64. The largest absolute Gasteiger partial charge is 0.395 e. The molecule has 6 nitrogen and oxygen atoms in total. The molecule has 1 amide bonds. The van der Waals surface area contributed by atoms with E-state index in [0.29, 0.717) is 12.0 Å². The van der Waals surface area contributed by atoms with Crippen molar-refractivity contribution in [3.63, 3.8) is 0 Å². The van der Waals surface area contributed by atoms with Crippen molar-refractivity contribution in [2.45, 2.75) is 13.3 Å². The van der Waals surface area contributed by atoms with Crippen LogP contribution in [0.25, 0.3) is 0 Å². The normalized spacial score (nSPS) is 9.62. The number of nitrogens with zero attached hydrogens (tertiary/aromatic N) is 3. The second kappa shape index (κ2) is 7.12. The van der Waals surface area contributed by atoms with Gasteiger partial charge in [0.25, 0.3) is 5.91 Å². The van der Waals surface area contributed by atoms with E-state index in [4.69, 9.17) is 5.11 Å². The molecule has 2 N–H and O–H groups in total. The molecule has 106 valence electrons. The average Bonchev–Trinajstić information content (AvgIpc) is 2.50. The molecule has 0 bridgehead atoms. The Morgan fingerprint density at radius 2 is 2.24 bits per heavy atom. The van der Waals surface area contributed by atoms with Gasteiger partial charge in [-0.2, -0.15) is 5.10 Å². The number of benzene rings is 1. The molecule has 0 radical (unpaired) electrons. The maximum Gasteiger partial charge on any atom is 0.258 e. The van der Waals surface area contributed by atoms with Crippen molar-refractivity contribution >= 4 is 11.9 Å². The number of hydrogen-bond donors (Lipinski definition) is 2. The van der Waals surface area contributed by atoms with Gasteiger partial charge in [0.1, 0.15) is 0 Å². The standard InChI is InChI=1S/C15H14N4O2/c1-11-10-13(6-5-12(11)4-2-3-9-20)14(21)18-15-16-7-8-17-19-15/h5-8,10,20H,3,9H2,1H3,(H,16,18,19,21). The number of aromatic nitrogens is 3. The quantitative estimate of drug-likeness (QED) is 0.825. The first-order valence-corrected chi connectivity index (χ1v) is 6.36. The topological polar surface area (TPSA) is 88.0 Å². The summed E-state index contributed by atoms with van der Waals surface area (Å²) in [6, 6.07) is 5.20. The Bertz CT molecular complexity index is 690. The summed E-state index contributed by atoms with van der Waals surface area (Å²) in [4.78, 5) is 15.9. The molecule has 0 atom stereocenters. The lowest BCUT2D eigenvalue weighted by atomic mass is 10.0. The number of hydrogen-bond acceptors (Lipinski definition) is 5. The number of anilines is 1. The number of aliphatic hydroxyl groups excluding tert-OH is 1. The summed E-state index contributed by atoms with van der Waals surface area (Å²) in [5.41, 5.74) is 2.21. The molecule has 0 saturated heterocycles. The molecule has 2 aromatic rings. The highest BCUT2D eigenvalue weighted by Crippen LogP contribution is 2.11. The highest BCUT2D eigenvalue weighted by atomic mass is 16.2. The SMILES string of the molecule is Cc1cc(C(=O)Nc2nccnn2)ccc1C#CCCO. The molecule has 1 aromatic heterocycles. The smallest absolute Gasteiger partial charge is 0.258 e. The van der Waals surface area contributed by atoms with Crippen molar-refractivity contribution in [3.05, 3.63) is 47.3 Å². The predicted octanol–water partition coefficient (Wildman–Crippen LogP) is 1.17. The zero-order chi connectivity index (χ0) is 15.1. The summed E-state index contributed by atoms with van der Waals surface area (Å²) >= 11 is 0. The third-order valence-electron chi connectivity index (χ3n) is 2.66. The molecular formula is C15H14N4O2. The van der Waals surface area contributed by atoms with E-state index in [1.54, 1.807) is 18.2 Å². The van der Waals surface area contributed by atoms with Crippen LogP contribution in [0.1, 0.15) is 27.9 Å². The minimum Gasteiger partial charge on any atom is -0.395 e. The first kappa shape index (κ1) is 14.6. The van der Waals surface area contributed by atoms with Gasteiger partial charge in [-0.15, -0.1) is 5.10 Å². The van der Waals surface area contributed by atoms with Crippen molar-refractivity contribution in [3.8, 4) is 11.8 Å². The van der Waals surface area contributed by atoms with Crippen LogP contribution < -0.4 is 5.32 Å². The number of aliphatic hydroxyl groups is 1. The molecule has 0 fully saturated rings. The van der Waals surface area contributed by atoms with E-state index >= 15 is 0 Å². The number of carbonyl (C=O) groups is 1. The summed E-state index contributed by atoms with van der Waals surface area (Å²) in [6.07, 6.45) is 3.31. The Kier molecular flexibility index (Phi) is 4.96. The zero-order valence-electron chi connectivity index (χ0n) is 11.5. The van der Waals surface area contributed by atoms with Crippen LogP contribution >= 0.6 is 0 Å². The third-order valence-corrected chi connectivity index (χ3v) is 2.66. The number of rotatable bonds is 3. The Hall–Kier alpha value is -2.78. The zero-order valence-corrected chi connectivity index (χ0v) is 11.5. The molecule has 6 heteroatoms. The van der Waals surface area contributed by atoms with E-state index < -0.39 is 0 Å². The van der Waals surface area contributed by atoms with Gasteiger partial charge in [-0.25, -0.2) is 4.98 Å². The van der Waals surface area contributed by atoms with Crippen LogP contribution in [0.3, 0.4) is 0 Å². The van der Waals surface area contributed by atoms with Crippen molar-refractivity contribution < 1.29 is 9.90 Å². The molecule has 1 heterocycles. The van der Waals surface area contributed by atoms with Crippen LogP contribution in [-0.2, 0) is 0 Å². The van der Waals surface area contributed by atoms with Gasteiger partial charge in [0, 0.05) is 17.5 Å². The number of amides is 1. The molecule has 0 aliphatic carbocycles. The maximum atomic E-state index is 12.0. The first-order chi connectivity index (χ1) is 10.2. The summed E-state index contributed by atoms with van der Waals surface area (Å²) in [7, 11) is 0. The second-order valence-electron chi connectivity index (χ2n) is 4.23. The summed E-state index contributed by atoms with van der Waals surface area (Å²) < 4.78 is 0. The molecule has 1 aromatic carbocycles. The third kappa shape index (κ3) is 4.09.